The van der Waals surface area contributed by atoms with Gasteiger partial charge in [0.15, 0.2) is 0 Å². The zero-order valence-electron chi connectivity index (χ0n) is 10.7. The van der Waals surface area contributed by atoms with Gasteiger partial charge in [0.1, 0.15) is 11.6 Å². The highest BCUT2D eigenvalue weighted by atomic mass is 19.1. The molecule has 2 N–H and O–H groups in total. The van der Waals surface area contributed by atoms with E-state index in [4.69, 9.17) is 5.73 Å². The van der Waals surface area contributed by atoms with Gasteiger partial charge in [0.25, 0.3) is 0 Å². The first-order valence-corrected chi connectivity index (χ1v) is 6.48. The van der Waals surface area contributed by atoms with Gasteiger partial charge in [-0.2, -0.15) is 0 Å². The van der Waals surface area contributed by atoms with E-state index in [0.29, 0.717) is 18.0 Å². The lowest BCUT2D eigenvalue weighted by Gasteiger charge is -2.33. The highest BCUT2D eigenvalue weighted by molar-refractivity contribution is 5.18. The Bertz CT molecular complexity index is 399. The average Bonchev–Trinajstić information content (AvgIpc) is 2.33. The van der Waals surface area contributed by atoms with Crippen molar-refractivity contribution in [1.82, 2.24) is 4.90 Å². The summed E-state index contributed by atoms with van der Waals surface area (Å²) in [7, 11) is 0. The van der Waals surface area contributed by atoms with Crippen LogP contribution in [0.3, 0.4) is 0 Å². The summed E-state index contributed by atoms with van der Waals surface area (Å²) in [6.45, 7) is 4.46. The highest BCUT2D eigenvalue weighted by Gasteiger charge is 2.22. The van der Waals surface area contributed by atoms with Crippen molar-refractivity contribution in [3.8, 4) is 0 Å². The molecule has 1 heterocycles. The van der Waals surface area contributed by atoms with Crippen LogP contribution in [-0.4, -0.2) is 24.0 Å². The lowest BCUT2D eigenvalue weighted by Crippen LogP contribution is -2.39. The van der Waals surface area contributed by atoms with E-state index < -0.39 is 11.6 Å². The van der Waals surface area contributed by atoms with Crippen molar-refractivity contribution in [1.29, 1.82) is 0 Å². The molecule has 18 heavy (non-hydrogen) atoms. The molecule has 1 aliphatic heterocycles. The van der Waals surface area contributed by atoms with Crippen LogP contribution in [0.4, 0.5) is 8.78 Å². The average molecular weight is 254 g/mol. The third-order valence-electron chi connectivity index (χ3n) is 3.78. The molecule has 0 aromatic heterocycles. The summed E-state index contributed by atoms with van der Waals surface area (Å²) in [4.78, 5) is 2.20. The second kappa shape index (κ2) is 5.76. The Morgan fingerprint density at radius 2 is 2.00 bits per heavy atom. The summed E-state index contributed by atoms with van der Waals surface area (Å²) in [6.07, 6.45) is 2.11. The van der Waals surface area contributed by atoms with Crippen molar-refractivity contribution in [2.75, 3.05) is 13.1 Å². The number of benzene rings is 1. The number of hydrogen-bond acceptors (Lipinski definition) is 2. The summed E-state index contributed by atoms with van der Waals surface area (Å²) >= 11 is 0. The first-order chi connectivity index (χ1) is 8.56. The van der Waals surface area contributed by atoms with E-state index in [1.807, 2.05) is 6.92 Å². The van der Waals surface area contributed by atoms with Gasteiger partial charge in [0, 0.05) is 24.2 Å². The first-order valence-electron chi connectivity index (χ1n) is 6.48. The van der Waals surface area contributed by atoms with E-state index in [-0.39, 0.29) is 6.04 Å². The standard InChI is InChI=1S/C14H20F2N2/c1-10(17)11-4-6-18(7-5-11)9-12-2-3-13(15)8-14(12)16/h2-3,8,10-11H,4-7,9,17H2,1H3. The molecule has 1 aromatic carbocycles. The number of halogens is 2. The minimum Gasteiger partial charge on any atom is -0.328 e. The van der Waals surface area contributed by atoms with Crippen molar-refractivity contribution in [2.24, 2.45) is 11.7 Å². The van der Waals surface area contributed by atoms with Crippen LogP contribution < -0.4 is 5.73 Å². The number of likely N-dealkylation sites (tertiary alicyclic amines) is 1. The van der Waals surface area contributed by atoms with Gasteiger partial charge in [0.05, 0.1) is 0 Å². The molecule has 1 saturated heterocycles. The van der Waals surface area contributed by atoms with E-state index in [2.05, 4.69) is 4.90 Å². The summed E-state index contributed by atoms with van der Waals surface area (Å²) < 4.78 is 26.3. The molecule has 0 bridgehead atoms. The lowest BCUT2D eigenvalue weighted by atomic mass is 9.91. The molecule has 1 atom stereocenters. The molecule has 1 aliphatic rings. The van der Waals surface area contributed by atoms with Gasteiger partial charge < -0.3 is 5.73 Å². The van der Waals surface area contributed by atoms with Crippen LogP contribution in [0.15, 0.2) is 18.2 Å². The van der Waals surface area contributed by atoms with Crippen LogP contribution in [0.5, 0.6) is 0 Å². The van der Waals surface area contributed by atoms with E-state index in [1.165, 1.54) is 12.1 Å². The first kappa shape index (κ1) is 13.4. The molecule has 0 amide bonds. The Balaban J connectivity index is 1.91. The molecule has 0 aliphatic carbocycles. The second-order valence-electron chi connectivity index (χ2n) is 5.21. The highest BCUT2D eigenvalue weighted by Crippen LogP contribution is 2.21. The lowest BCUT2D eigenvalue weighted by molar-refractivity contribution is 0.164. The minimum atomic E-state index is -0.521. The third kappa shape index (κ3) is 3.27. The zero-order valence-corrected chi connectivity index (χ0v) is 10.7. The molecule has 100 valence electrons. The van der Waals surface area contributed by atoms with E-state index in [1.54, 1.807) is 0 Å². The van der Waals surface area contributed by atoms with Crippen molar-refractivity contribution in [3.05, 3.63) is 35.4 Å². The largest absolute Gasteiger partial charge is 0.328 e. The molecule has 2 rings (SSSR count). The molecule has 1 unspecified atom stereocenters. The second-order valence-corrected chi connectivity index (χ2v) is 5.21. The van der Waals surface area contributed by atoms with Crippen molar-refractivity contribution in [2.45, 2.75) is 32.4 Å². The van der Waals surface area contributed by atoms with Gasteiger partial charge >= 0.3 is 0 Å². The van der Waals surface area contributed by atoms with E-state index in [0.717, 1.165) is 32.0 Å². The van der Waals surface area contributed by atoms with Crippen LogP contribution in [0.2, 0.25) is 0 Å². The molecule has 0 saturated carbocycles. The fourth-order valence-electron chi connectivity index (χ4n) is 2.53. The maximum Gasteiger partial charge on any atom is 0.130 e. The molecular weight excluding hydrogens is 234 g/mol. The van der Waals surface area contributed by atoms with Crippen LogP contribution in [0.25, 0.3) is 0 Å². The maximum absolute atomic E-state index is 13.5. The quantitative estimate of drug-likeness (QED) is 0.898. The predicted octanol–water partition coefficient (Wildman–Crippen LogP) is 2.52. The summed E-state index contributed by atoms with van der Waals surface area (Å²) in [5, 5.41) is 0. The van der Waals surface area contributed by atoms with Crippen LogP contribution in [-0.2, 0) is 6.54 Å². The van der Waals surface area contributed by atoms with Gasteiger partial charge in [0.2, 0.25) is 0 Å². The molecule has 1 fully saturated rings. The number of rotatable bonds is 3. The van der Waals surface area contributed by atoms with Gasteiger partial charge in [-0.1, -0.05) is 6.07 Å². The number of hydrogen-bond donors (Lipinski definition) is 1. The minimum absolute atomic E-state index is 0.231. The smallest absolute Gasteiger partial charge is 0.130 e. The van der Waals surface area contributed by atoms with Crippen LogP contribution in [0.1, 0.15) is 25.3 Å². The Hall–Kier alpha value is -1.00. The van der Waals surface area contributed by atoms with Gasteiger partial charge in [-0.3, -0.25) is 4.90 Å². The molecule has 1 aromatic rings. The van der Waals surface area contributed by atoms with Gasteiger partial charge in [-0.05, 0) is 44.8 Å². The maximum atomic E-state index is 13.5. The summed E-state index contributed by atoms with van der Waals surface area (Å²) in [5.41, 5.74) is 6.45. The normalized spacial score (nSPS) is 20.0. The zero-order chi connectivity index (χ0) is 13.1. The van der Waals surface area contributed by atoms with E-state index in [9.17, 15) is 8.78 Å². The van der Waals surface area contributed by atoms with Crippen LogP contribution in [0, 0.1) is 17.6 Å². The molecule has 2 nitrogen and oxygen atoms in total. The number of piperidine rings is 1. The molecule has 0 radical (unpaired) electrons. The molecular formula is C14H20F2N2. The Morgan fingerprint density at radius 1 is 1.33 bits per heavy atom. The molecule has 4 heteroatoms. The van der Waals surface area contributed by atoms with Crippen LogP contribution >= 0.6 is 0 Å². The van der Waals surface area contributed by atoms with E-state index >= 15 is 0 Å². The van der Waals surface area contributed by atoms with Crippen molar-refractivity contribution >= 4 is 0 Å². The van der Waals surface area contributed by atoms with Gasteiger partial charge in [-0.15, -0.1) is 0 Å². The summed E-state index contributed by atoms with van der Waals surface area (Å²) in [5.74, 6) is -0.407. The predicted molar refractivity (Wildman–Crippen MR) is 68.0 cm³/mol. The fraction of sp³-hybridized carbons (Fsp3) is 0.571. The van der Waals surface area contributed by atoms with Crippen molar-refractivity contribution in [3.63, 3.8) is 0 Å². The van der Waals surface area contributed by atoms with Gasteiger partial charge in [-0.25, -0.2) is 8.78 Å². The topological polar surface area (TPSA) is 29.3 Å². The Kier molecular flexibility index (Phi) is 4.30. The SMILES string of the molecule is CC(N)C1CCN(Cc2ccc(F)cc2F)CC1. The van der Waals surface area contributed by atoms with Crippen molar-refractivity contribution < 1.29 is 8.78 Å². The third-order valence-corrected chi connectivity index (χ3v) is 3.78. The Labute approximate surface area is 107 Å². The Morgan fingerprint density at radius 3 is 2.56 bits per heavy atom. The monoisotopic (exact) mass is 254 g/mol. The fourth-order valence-corrected chi connectivity index (χ4v) is 2.53. The molecule has 0 spiro atoms. The summed E-state index contributed by atoms with van der Waals surface area (Å²) in [6, 6.07) is 4.02. The number of nitrogens with two attached hydrogens (primary N) is 1. The number of nitrogens with zero attached hydrogens (tertiary/aromatic N) is 1.